The molecule has 2 rings (SSSR count). The topological polar surface area (TPSA) is 72.5 Å². The molecule has 1 saturated heterocycles. The van der Waals surface area contributed by atoms with Crippen molar-refractivity contribution in [3.8, 4) is 0 Å². The maximum Gasteiger partial charge on any atom is 0.334 e. The van der Waals surface area contributed by atoms with Crippen molar-refractivity contribution in [3.63, 3.8) is 0 Å². The van der Waals surface area contributed by atoms with E-state index in [1.165, 1.54) is 0 Å². The first kappa shape index (κ1) is 25.7. The van der Waals surface area contributed by atoms with Crippen molar-refractivity contribution in [3.05, 3.63) is 35.9 Å². The third-order valence-corrected chi connectivity index (χ3v) is 5.13. The maximum absolute atomic E-state index is 11.8. The van der Waals surface area contributed by atoms with E-state index in [1.807, 2.05) is 44.2 Å². The Balaban J connectivity index is 1.91. The molecular formula is C24H38O7. The van der Waals surface area contributed by atoms with Gasteiger partial charge < -0.3 is 28.4 Å². The third kappa shape index (κ3) is 8.50. The minimum absolute atomic E-state index is 0.0900. The molecule has 0 saturated carbocycles. The summed E-state index contributed by atoms with van der Waals surface area (Å²) in [5.41, 5.74) is 0.985. The molecule has 2 unspecified atom stereocenters. The number of carbonyl (C=O) groups excluding carboxylic acids is 1. The van der Waals surface area contributed by atoms with E-state index in [2.05, 4.69) is 6.92 Å². The number of hydrogen-bond donors (Lipinski definition) is 0. The van der Waals surface area contributed by atoms with Crippen molar-refractivity contribution in [2.24, 2.45) is 5.92 Å². The van der Waals surface area contributed by atoms with E-state index in [-0.39, 0.29) is 24.1 Å². The van der Waals surface area contributed by atoms with Gasteiger partial charge in [0, 0.05) is 18.1 Å². The van der Waals surface area contributed by atoms with E-state index in [0.29, 0.717) is 26.4 Å². The molecule has 31 heavy (non-hydrogen) atoms. The van der Waals surface area contributed by atoms with E-state index in [9.17, 15) is 4.79 Å². The lowest BCUT2D eigenvalue weighted by Crippen LogP contribution is -2.45. The van der Waals surface area contributed by atoms with Crippen LogP contribution in [0.5, 0.6) is 0 Å². The molecule has 0 amide bonds. The summed E-state index contributed by atoms with van der Waals surface area (Å²) in [6.45, 7) is 11.2. The van der Waals surface area contributed by atoms with E-state index in [4.69, 9.17) is 28.4 Å². The molecular weight excluding hydrogens is 400 g/mol. The molecule has 7 heteroatoms. The Hall–Kier alpha value is -1.51. The number of hydrogen-bond acceptors (Lipinski definition) is 7. The summed E-state index contributed by atoms with van der Waals surface area (Å²) >= 11 is 0. The van der Waals surface area contributed by atoms with Crippen LogP contribution in [0.15, 0.2) is 30.3 Å². The quantitative estimate of drug-likeness (QED) is 0.259. The van der Waals surface area contributed by atoms with Crippen LogP contribution in [0.25, 0.3) is 0 Å². The summed E-state index contributed by atoms with van der Waals surface area (Å²) in [5, 5.41) is 0. The summed E-state index contributed by atoms with van der Waals surface area (Å²) in [6, 6.07) is 9.86. The first-order chi connectivity index (χ1) is 15.0. The zero-order valence-electron chi connectivity index (χ0n) is 19.5. The molecule has 0 aromatic heterocycles. The molecule has 1 aliphatic heterocycles. The number of benzene rings is 1. The fourth-order valence-electron chi connectivity index (χ4n) is 3.13. The van der Waals surface area contributed by atoms with Gasteiger partial charge in [-0.15, -0.1) is 0 Å². The predicted octanol–water partition coefficient (Wildman–Crippen LogP) is 4.25. The Labute approximate surface area is 186 Å². The van der Waals surface area contributed by atoms with Crippen LogP contribution >= 0.6 is 0 Å². The lowest BCUT2D eigenvalue weighted by atomic mass is 10.1. The molecule has 176 valence electrons. The van der Waals surface area contributed by atoms with Crippen LogP contribution in [-0.4, -0.2) is 57.0 Å². The summed E-state index contributed by atoms with van der Waals surface area (Å²) < 4.78 is 35.0. The largest absolute Gasteiger partial charge is 0.464 e. The Morgan fingerprint density at radius 2 is 1.90 bits per heavy atom. The molecule has 1 heterocycles. The Kier molecular flexibility index (Phi) is 11.5. The molecule has 1 aliphatic rings. The van der Waals surface area contributed by atoms with Gasteiger partial charge in [-0.25, -0.2) is 4.79 Å². The second-order valence-electron chi connectivity index (χ2n) is 7.89. The highest BCUT2D eigenvalue weighted by molar-refractivity contribution is 5.74. The van der Waals surface area contributed by atoms with Crippen LogP contribution in [0.4, 0.5) is 0 Å². The predicted molar refractivity (Wildman–Crippen MR) is 116 cm³/mol. The molecule has 7 nitrogen and oxygen atoms in total. The van der Waals surface area contributed by atoms with Crippen LogP contribution < -0.4 is 0 Å². The SMILES string of the molecule is CCCCO[C@H](OC1COC(c2ccccc2)O[C@H]1C)[C@@H](C)CO[C@H](C)C(=O)OCC. The van der Waals surface area contributed by atoms with Crippen molar-refractivity contribution in [2.75, 3.05) is 26.4 Å². The van der Waals surface area contributed by atoms with Gasteiger partial charge in [0.1, 0.15) is 6.10 Å². The van der Waals surface area contributed by atoms with Crippen molar-refractivity contribution in [1.82, 2.24) is 0 Å². The molecule has 0 N–H and O–H groups in total. The molecule has 1 aromatic rings. The number of esters is 1. The van der Waals surface area contributed by atoms with Gasteiger partial charge in [0.25, 0.3) is 0 Å². The highest BCUT2D eigenvalue weighted by Crippen LogP contribution is 2.29. The molecule has 1 fully saturated rings. The van der Waals surface area contributed by atoms with Crippen LogP contribution in [0.1, 0.15) is 59.3 Å². The fraction of sp³-hybridized carbons (Fsp3) is 0.708. The Morgan fingerprint density at radius 1 is 1.16 bits per heavy atom. The van der Waals surface area contributed by atoms with E-state index in [0.717, 1.165) is 18.4 Å². The Morgan fingerprint density at radius 3 is 2.55 bits per heavy atom. The average molecular weight is 439 g/mol. The maximum atomic E-state index is 11.8. The lowest BCUT2D eigenvalue weighted by Gasteiger charge is -2.37. The molecule has 6 atom stereocenters. The fourth-order valence-corrected chi connectivity index (χ4v) is 3.13. The van der Waals surface area contributed by atoms with Gasteiger partial charge >= 0.3 is 5.97 Å². The first-order valence-electron chi connectivity index (χ1n) is 11.3. The van der Waals surface area contributed by atoms with Gasteiger partial charge in [0.05, 0.1) is 25.9 Å². The summed E-state index contributed by atoms with van der Waals surface area (Å²) in [6.07, 6.45) is 0.0126. The third-order valence-electron chi connectivity index (χ3n) is 5.13. The van der Waals surface area contributed by atoms with Gasteiger partial charge in [0.2, 0.25) is 0 Å². The van der Waals surface area contributed by atoms with Crippen molar-refractivity contribution >= 4 is 5.97 Å². The highest BCUT2D eigenvalue weighted by Gasteiger charge is 2.34. The van der Waals surface area contributed by atoms with Crippen molar-refractivity contribution in [2.45, 2.75) is 78.4 Å². The molecule has 0 spiro atoms. The normalized spacial score (nSPS) is 24.4. The van der Waals surface area contributed by atoms with Crippen molar-refractivity contribution in [1.29, 1.82) is 0 Å². The van der Waals surface area contributed by atoms with Gasteiger partial charge in [-0.2, -0.15) is 0 Å². The van der Waals surface area contributed by atoms with E-state index < -0.39 is 18.7 Å². The van der Waals surface area contributed by atoms with Gasteiger partial charge in [0.15, 0.2) is 18.7 Å². The number of carbonyl (C=O) groups is 1. The van der Waals surface area contributed by atoms with Gasteiger partial charge in [-0.05, 0) is 27.2 Å². The van der Waals surface area contributed by atoms with Crippen LogP contribution in [0, 0.1) is 5.92 Å². The lowest BCUT2D eigenvalue weighted by molar-refractivity contribution is -0.299. The zero-order valence-corrected chi connectivity index (χ0v) is 19.5. The van der Waals surface area contributed by atoms with Crippen LogP contribution in [0.3, 0.4) is 0 Å². The van der Waals surface area contributed by atoms with Crippen molar-refractivity contribution < 1.29 is 33.2 Å². The molecule has 0 radical (unpaired) electrons. The van der Waals surface area contributed by atoms with Gasteiger partial charge in [-0.1, -0.05) is 50.6 Å². The van der Waals surface area contributed by atoms with Crippen LogP contribution in [-0.2, 0) is 33.2 Å². The second-order valence-corrected chi connectivity index (χ2v) is 7.89. The van der Waals surface area contributed by atoms with Gasteiger partial charge in [-0.3, -0.25) is 0 Å². The average Bonchev–Trinajstić information content (AvgIpc) is 2.78. The first-order valence-corrected chi connectivity index (χ1v) is 11.3. The minimum atomic E-state index is -0.634. The summed E-state index contributed by atoms with van der Waals surface area (Å²) in [7, 11) is 0. The minimum Gasteiger partial charge on any atom is -0.464 e. The molecule has 1 aromatic carbocycles. The highest BCUT2D eigenvalue weighted by atomic mass is 16.7. The molecule has 0 bridgehead atoms. The standard InChI is InChI=1S/C24H38O7/c1-6-8-14-27-23(17(3)15-28-19(5)22(25)26-7-2)31-21-16-29-24(30-18(21)4)20-12-10-9-11-13-20/h9-13,17-19,21,23-24H,6-8,14-16H2,1-5H3/t17-,18-,19+,21?,23+,24?/m0/s1. The van der Waals surface area contributed by atoms with E-state index in [1.54, 1.807) is 13.8 Å². The number of unbranched alkanes of at least 4 members (excludes halogenated alkanes) is 1. The smallest absolute Gasteiger partial charge is 0.334 e. The van der Waals surface area contributed by atoms with Crippen LogP contribution in [0.2, 0.25) is 0 Å². The summed E-state index contributed by atoms with van der Waals surface area (Å²) in [5.74, 6) is -0.457. The molecule has 0 aliphatic carbocycles. The Bertz CT molecular complexity index is 624. The summed E-state index contributed by atoms with van der Waals surface area (Å²) in [4.78, 5) is 11.8. The second kappa shape index (κ2) is 13.8. The number of ether oxygens (including phenoxy) is 6. The van der Waals surface area contributed by atoms with E-state index >= 15 is 0 Å². The monoisotopic (exact) mass is 438 g/mol. The number of rotatable bonds is 13. The zero-order chi connectivity index (χ0) is 22.6.